The number of methoxy groups -OCH3 is 1. The van der Waals surface area contributed by atoms with Crippen LogP contribution in [0.15, 0.2) is 83.5 Å². The second-order valence-electron chi connectivity index (χ2n) is 7.58. The van der Waals surface area contributed by atoms with Crippen molar-refractivity contribution in [1.82, 2.24) is 0 Å². The van der Waals surface area contributed by atoms with E-state index in [2.05, 4.69) is 0 Å². The van der Waals surface area contributed by atoms with Gasteiger partial charge in [-0.05, 0) is 61.9 Å². The summed E-state index contributed by atoms with van der Waals surface area (Å²) in [6.07, 6.45) is 1.73. The zero-order valence-corrected chi connectivity index (χ0v) is 19.9. The average Bonchev–Trinajstić information content (AvgIpc) is 3.21. The molecular weight excluding hydrogens is 444 g/mol. The zero-order valence-electron chi connectivity index (χ0n) is 19.9. The van der Waals surface area contributed by atoms with E-state index in [1.165, 1.54) is 7.11 Å². The summed E-state index contributed by atoms with van der Waals surface area (Å²) >= 11 is 0. The third-order valence-corrected chi connectivity index (χ3v) is 5.31. The quantitative estimate of drug-likeness (QED) is 0.338. The minimum absolute atomic E-state index is 0.276. The topological polar surface area (TPSA) is 77.4 Å². The first-order chi connectivity index (χ1) is 17.0. The molecule has 0 N–H and O–H groups in total. The zero-order chi connectivity index (χ0) is 24.8. The van der Waals surface area contributed by atoms with E-state index >= 15 is 0 Å². The highest BCUT2D eigenvalue weighted by atomic mass is 16.5. The number of aliphatic imine (C=N–C) groups is 1. The predicted molar refractivity (Wildman–Crippen MR) is 135 cm³/mol. The smallest absolute Gasteiger partial charge is 0.337 e. The summed E-state index contributed by atoms with van der Waals surface area (Å²) in [5.74, 6) is 1.04. The van der Waals surface area contributed by atoms with Crippen molar-refractivity contribution in [2.45, 2.75) is 13.8 Å². The number of anilines is 1. The number of benzene rings is 3. The Bertz CT molecular complexity index is 1280. The van der Waals surface area contributed by atoms with Gasteiger partial charge in [-0.15, -0.1) is 0 Å². The number of hydrogen-bond donors (Lipinski definition) is 0. The van der Waals surface area contributed by atoms with Gasteiger partial charge in [0, 0.05) is 5.56 Å². The second-order valence-corrected chi connectivity index (χ2v) is 7.58. The van der Waals surface area contributed by atoms with Crippen molar-refractivity contribution in [3.05, 3.63) is 95.2 Å². The number of carbonyl (C=O) groups excluding carboxylic acids is 2. The van der Waals surface area contributed by atoms with Crippen molar-refractivity contribution in [3.8, 4) is 11.5 Å². The number of nitrogens with zero attached hydrogens (tertiary/aromatic N) is 2. The van der Waals surface area contributed by atoms with Gasteiger partial charge in [-0.2, -0.15) is 0 Å². The largest absolute Gasteiger partial charge is 0.490 e. The van der Waals surface area contributed by atoms with E-state index in [1.807, 2.05) is 62.4 Å². The Hall–Kier alpha value is -4.39. The monoisotopic (exact) mass is 470 g/mol. The normalized spacial score (nSPS) is 14.1. The Morgan fingerprint density at radius 2 is 1.60 bits per heavy atom. The number of amides is 1. The maximum atomic E-state index is 13.5. The number of carbonyl (C=O) groups is 2. The van der Waals surface area contributed by atoms with Crippen LogP contribution in [0.1, 0.15) is 35.3 Å². The Balaban J connectivity index is 1.75. The number of hydrogen-bond acceptors (Lipinski definition) is 6. The van der Waals surface area contributed by atoms with E-state index in [0.717, 1.165) is 11.1 Å². The van der Waals surface area contributed by atoms with E-state index in [4.69, 9.17) is 19.2 Å². The number of ether oxygens (including phenoxy) is 3. The maximum Gasteiger partial charge on any atom is 0.337 e. The van der Waals surface area contributed by atoms with Crippen LogP contribution in [0.4, 0.5) is 5.69 Å². The lowest BCUT2D eigenvalue weighted by Crippen LogP contribution is -2.32. The molecule has 178 valence electrons. The van der Waals surface area contributed by atoms with Gasteiger partial charge in [0.1, 0.15) is 11.5 Å². The summed E-state index contributed by atoms with van der Waals surface area (Å²) in [4.78, 5) is 31.6. The van der Waals surface area contributed by atoms with E-state index in [1.54, 1.807) is 35.2 Å². The fraction of sp³-hybridized carbons (Fsp3) is 0.179. The third-order valence-electron chi connectivity index (χ3n) is 5.31. The predicted octanol–water partition coefficient (Wildman–Crippen LogP) is 5.11. The van der Waals surface area contributed by atoms with E-state index in [9.17, 15) is 9.59 Å². The van der Waals surface area contributed by atoms with Gasteiger partial charge in [0.15, 0.2) is 11.5 Å². The SMILES string of the molecule is CCOc1ccc(/C=C2\N=C(c3ccccc3)N(c3ccc(C(=O)OC)cc3)C2=O)cc1OCC. The van der Waals surface area contributed by atoms with Gasteiger partial charge in [-0.25, -0.2) is 9.79 Å². The van der Waals surface area contributed by atoms with Crippen LogP contribution in [0.25, 0.3) is 6.08 Å². The van der Waals surface area contributed by atoms with Crippen molar-refractivity contribution in [1.29, 1.82) is 0 Å². The van der Waals surface area contributed by atoms with Crippen molar-refractivity contribution in [2.24, 2.45) is 4.99 Å². The Morgan fingerprint density at radius 3 is 2.26 bits per heavy atom. The fourth-order valence-corrected chi connectivity index (χ4v) is 3.72. The standard InChI is InChI=1S/C28H26N2O5/c1-4-34-24-16-11-19(18-25(24)35-5-2)17-23-27(31)30(26(29-23)20-9-7-6-8-10-20)22-14-12-21(13-15-22)28(32)33-3/h6-18H,4-5H2,1-3H3/b23-17-. The molecule has 0 saturated heterocycles. The first-order valence-corrected chi connectivity index (χ1v) is 11.3. The lowest BCUT2D eigenvalue weighted by atomic mass is 10.1. The molecule has 0 fully saturated rings. The van der Waals surface area contributed by atoms with Gasteiger partial charge >= 0.3 is 5.97 Å². The molecule has 0 radical (unpaired) electrons. The van der Waals surface area contributed by atoms with E-state index < -0.39 is 5.97 Å². The Kier molecular flexibility index (Phi) is 7.26. The molecule has 1 amide bonds. The van der Waals surface area contributed by atoms with Gasteiger partial charge in [-0.1, -0.05) is 36.4 Å². The molecule has 0 unspecified atom stereocenters. The lowest BCUT2D eigenvalue weighted by molar-refractivity contribution is -0.113. The molecule has 1 aliphatic rings. The van der Waals surface area contributed by atoms with E-state index in [-0.39, 0.29) is 11.6 Å². The van der Waals surface area contributed by atoms with Crippen molar-refractivity contribution < 1.29 is 23.8 Å². The summed E-state index contributed by atoms with van der Waals surface area (Å²) in [5, 5.41) is 0. The molecule has 3 aromatic rings. The maximum absolute atomic E-state index is 13.5. The molecule has 0 spiro atoms. The summed E-state index contributed by atoms with van der Waals surface area (Å²) in [6.45, 7) is 4.83. The van der Waals surface area contributed by atoms with Crippen molar-refractivity contribution in [2.75, 3.05) is 25.2 Å². The van der Waals surface area contributed by atoms with E-state index in [0.29, 0.717) is 41.8 Å². The first-order valence-electron chi connectivity index (χ1n) is 11.3. The van der Waals surface area contributed by atoms with Gasteiger partial charge < -0.3 is 14.2 Å². The van der Waals surface area contributed by atoms with Crippen molar-refractivity contribution in [3.63, 3.8) is 0 Å². The number of amidine groups is 1. The molecule has 3 aromatic carbocycles. The molecule has 7 nitrogen and oxygen atoms in total. The minimum Gasteiger partial charge on any atom is -0.490 e. The molecule has 0 aromatic heterocycles. The van der Waals surface area contributed by atoms with Gasteiger partial charge in [0.2, 0.25) is 0 Å². The second kappa shape index (κ2) is 10.7. The molecule has 35 heavy (non-hydrogen) atoms. The molecule has 1 aliphatic heterocycles. The first kappa shape index (κ1) is 23.8. The number of esters is 1. The minimum atomic E-state index is -0.442. The van der Waals surface area contributed by atoms with Crippen LogP contribution in [0, 0.1) is 0 Å². The molecule has 0 atom stereocenters. The van der Waals surface area contributed by atoms with Crippen LogP contribution in [-0.4, -0.2) is 38.0 Å². The van der Waals surface area contributed by atoms with Crippen LogP contribution in [0.3, 0.4) is 0 Å². The summed E-state index contributed by atoms with van der Waals surface area (Å²) < 4.78 is 16.1. The molecule has 0 bridgehead atoms. The summed E-state index contributed by atoms with van der Waals surface area (Å²) in [6, 6.07) is 21.7. The van der Waals surface area contributed by atoms with Crippen LogP contribution >= 0.6 is 0 Å². The molecule has 4 rings (SSSR count). The third kappa shape index (κ3) is 5.09. The highest BCUT2D eigenvalue weighted by Gasteiger charge is 2.32. The molecule has 0 saturated carbocycles. The summed E-state index contributed by atoms with van der Waals surface area (Å²) in [7, 11) is 1.33. The average molecular weight is 471 g/mol. The summed E-state index contributed by atoms with van der Waals surface area (Å²) in [5.41, 5.74) is 2.83. The van der Waals surface area contributed by atoms with Crippen molar-refractivity contribution >= 4 is 29.5 Å². The molecule has 1 heterocycles. The van der Waals surface area contributed by atoms with Crippen LogP contribution in [0.5, 0.6) is 11.5 Å². The Labute approximate surface area is 204 Å². The van der Waals surface area contributed by atoms with Crippen LogP contribution in [-0.2, 0) is 9.53 Å². The van der Waals surface area contributed by atoms with Gasteiger partial charge in [-0.3, -0.25) is 9.69 Å². The van der Waals surface area contributed by atoms with Gasteiger partial charge in [0.25, 0.3) is 5.91 Å². The highest BCUT2D eigenvalue weighted by molar-refractivity contribution is 6.33. The number of rotatable bonds is 8. The lowest BCUT2D eigenvalue weighted by Gasteiger charge is -2.18. The molecule has 0 aliphatic carbocycles. The Morgan fingerprint density at radius 1 is 0.914 bits per heavy atom. The molecular formula is C28H26N2O5. The molecule has 7 heteroatoms. The van der Waals surface area contributed by atoms with Crippen LogP contribution in [0.2, 0.25) is 0 Å². The highest BCUT2D eigenvalue weighted by Crippen LogP contribution is 2.32. The fourth-order valence-electron chi connectivity index (χ4n) is 3.72. The van der Waals surface area contributed by atoms with Crippen LogP contribution < -0.4 is 14.4 Å². The van der Waals surface area contributed by atoms with Gasteiger partial charge in [0.05, 0.1) is 31.6 Å².